The Balaban J connectivity index is 2.15. The molecule has 2 aromatic heterocycles. The Morgan fingerprint density at radius 1 is 1.29 bits per heavy atom. The number of imidazole rings is 1. The van der Waals surface area contributed by atoms with Crippen molar-refractivity contribution in [2.75, 3.05) is 6.54 Å². The normalized spacial score (nSPS) is 11.2. The topological polar surface area (TPSA) is 56.7 Å². The standard InChI is InChI=1S/C13H20N4/c1-2-17-12-7-9-15-10-11(12)16-13(17)6-4-3-5-8-14/h7,9-10H,2-6,8,14H2,1H3. The van der Waals surface area contributed by atoms with Gasteiger partial charge in [0.05, 0.1) is 11.7 Å². The van der Waals surface area contributed by atoms with Crippen LogP contribution in [0.4, 0.5) is 0 Å². The molecule has 4 heteroatoms. The smallest absolute Gasteiger partial charge is 0.109 e. The van der Waals surface area contributed by atoms with Crippen LogP contribution in [0.1, 0.15) is 32.0 Å². The predicted octanol–water partition coefficient (Wildman–Crippen LogP) is 2.12. The number of rotatable bonds is 6. The molecule has 0 bridgehead atoms. The summed E-state index contributed by atoms with van der Waals surface area (Å²) in [5, 5.41) is 0. The zero-order valence-corrected chi connectivity index (χ0v) is 10.4. The minimum Gasteiger partial charge on any atom is -0.330 e. The first kappa shape index (κ1) is 12.0. The van der Waals surface area contributed by atoms with Gasteiger partial charge in [0, 0.05) is 19.2 Å². The highest BCUT2D eigenvalue weighted by Crippen LogP contribution is 2.16. The molecule has 2 aromatic rings. The van der Waals surface area contributed by atoms with E-state index >= 15 is 0 Å². The van der Waals surface area contributed by atoms with Gasteiger partial charge in [0.25, 0.3) is 0 Å². The van der Waals surface area contributed by atoms with Crippen molar-refractivity contribution < 1.29 is 0 Å². The van der Waals surface area contributed by atoms with Gasteiger partial charge in [0.2, 0.25) is 0 Å². The Labute approximate surface area is 102 Å². The molecule has 0 aliphatic rings. The van der Waals surface area contributed by atoms with Crippen LogP contribution in [0.25, 0.3) is 11.0 Å². The summed E-state index contributed by atoms with van der Waals surface area (Å²) in [5.41, 5.74) is 7.69. The molecule has 4 nitrogen and oxygen atoms in total. The van der Waals surface area contributed by atoms with Gasteiger partial charge in [-0.2, -0.15) is 0 Å². The third-order valence-electron chi connectivity index (χ3n) is 3.05. The Kier molecular flexibility index (Phi) is 4.09. The fraction of sp³-hybridized carbons (Fsp3) is 0.538. The van der Waals surface area contributed by atoms with Gasteiger partial charge in [-0.25, -0.2) is 4.98 Å². The first-order chi connectivity index (χ1) is 8.36. The molecule has 92 valence electrons. The molecule has 2 heterocycles. The van der Waals surface area contributed by atoms with E-state index in [1.54, 1.807) is 0 Å². The van der Waals surface area contributed by atoms with Crippen LogP contribution in [0.15, 0.2) is 18.5 Å². The zero-order chi connectivity index (χ0) is 12.1. The molecule has 0 aliphatic heterocycles. The first-order valence-corrected chi connectivity index (χ1v) is 6.36. The number of nitrogens with zero attached hydrogens (tertiary/aromatic N) is 3. The summed E-state index contributed by atoms with van der Waals surface area (Å²) < 4.78 is 2.28. The quantitative estimate of drug-likeness (QED) is 0.776. The summed E-state index contributed by atoms with van der Waals surface area (Å²) >= 11 is 0. The Bertz CT molecular complexity index is 475. The van der Waals surface area contributed by atoms with Crippen molar-refractivity contribution in [3.63, 3.8) is 0 Å². The van der Waals surface area contributed by atoms with E-state index in [1.165, 1.54) is 17.8 Å². The lowest BCUT2D eigenvalue weighted by Gasteiger charge is -2.05. The van der Waals surface area contributed by atoms with E-state index in [1.807, 2.05) is 18.5 Å². The largest absolute Gasteiger partial charge is 0.330 e. The van der Waals surface area contributed by atoms with Crippen LogP contribution in [-0.2, 0) is 13.0 Å². The number of aromatic nitrogens is 3. The summed E-state index contributed by atoms with van der Waals surface area (Å²) in [6.07, 6.45) is 8.14. The Hall–Kier alpha value is -1.42. The zero-order valence-electron chi connectivity index (χ0n) is 10.4. The summed E-state index contributed by atoms with van der Waals surface area (Å²) in [6, 6.07) is 2.04. The van der Waals surface area contributed by atoms with Gasteiger partial charge in [-0.05, 0) is 32.4 Å². The van der Waals surface area contributed by atoms with Crippen molar-refractivity contribution in [3.05, 3.63) is 24.3 Å². The van der Waals surface area contributed by atoms with Crippen LogP contribution in [0, 0.1) is 0 Å². The van der Waals surface area contributed by atoms with Gasteiger partial charge in [-0.15, -0.1) is 0 Å². The lowest BCUT2D eigenvalue weighted by molar-refractivity contribution is 0.637. The molecule has 0 amide bonds. The lowest BCUT2D eigenvalue weighted by atomic mass is 10.2. The molecule has 0 aromatic carbocycles. The molecular weight excluding hydrogens is 212 g/mol. The maximum absolute atomic E-state index is 5.50. The van der Waals surface area contributed by atoms with E-state index in [2.05, 4.69) is 21.5 Å². The van der Waals surface area contributed by atoms with Gasteiger partial charge in [-0.3, -0.25) is 4.98 Å². The molecule has 0 saturated heterocycles. The molecule has 0 radical (unpaired) electrons. The molecule has 0 saturated carbocycles. The Morgan fingerprint density at radius 3 is 2.94 bits per heavy atom. The first-order valence-electron chi connectivity index (χ1n) is 6.36. The number of pyridine rings is 1. The third-order valence-corrected chi connectivity index (χ3v) is 3.05. The summed E-state index contributed by atoms with van der Waals surface area (Å²) in [5.74, 6) is 1.17. The van der Waals surface area contributed by atoms with Gasteiger partial charge in [0.1, 0.15) is 11.3 Å². The highest BCUT2D eigenvalue weighted by atomic mass is 15.1. The van der Waals surface area contributed by atoms with Crippen molar-refractivity contribution >= 4 is 11.0 Å². The van der Waals surface area contributed by atoms with Crippen molar-refractivity contribution in [2.24, 2.45) is 5.73 Å². The van der Waals surface area contributed by atoms with E-state index in [-0.39, 0.29) is 0 Å². The van der Waals surface area contributed by atoms with Crippen LogP contribution in [-0.4, -0.2) is 21.1 Å². The number of fused-ring (bicyclic) bond motifs is 1. The van der Waals surface area contributed by atoms with E-state index in [9.17, 15) is 0 Å². The van der Waals surface area contributed by atoms with Crippen LogP contribution >= 0.6 is 0 Å². The summed E-state index contributed by atoms with van der Waals surface area (Å²) in [7, 11) is 0. The van der Waals surface area contributed by atoms with Gasteiger partial charge < -0.3 is 10.3 Å². The van der Waals surface area contributed by atoms with Crippen molar-refractivity contribution in [2.45, 2.75) is 39.2 Å². The Morgan fingerprint density at radius 2 is 2.18 bits per heavy atom. The molecule has 0 spiro atoms. The highest BCUT2D eigenvalue weighted by Gasteiger charge is 2.08. The van der Waals surface area contributed by atoms with E-state index < -0.39 is 0 Å². The third kappa shape index (κ3) is 2.64. The predicted molar refractivity (Wildman–Crippen MR) is 69.8 cm³/mol. The molecule has 0 atom stereocenters. The maximum Gasteiger partial charge on any atom is 0.109 e. The average Bonchev–Trinajstić information content (AvgIpc) is 2.72. The fourth-order valence-electron chi connectivity index (χ4n) is 2.18. The molecular formula is C13H20N4. The minimum absolute atomic E-state index is 0.786. The maximum atomic E-state index is 5.50. The van der Waals surface area contributed by atoms with Crippen LogP contribution in [0.2, 0.25) is 0 Å². The van der Waals surface area contributed by atoms with Crippen molar-refractivity contribution in [3.8, 4) is 0 Å². The molecule has 2 N–H and O–H groups in total. The molecule has 0 unspecified atom stereocenters. The van der Waals surface area contributed by atoms with Crippen LogP contribution in [0.5, 0.6) is 0 Å². The monoisotopic (exact) mass is 232 g/mol. The number of hydrogen-bond donors (Lipinski definition) is 1. The van der Waals surface area contributed by atoms with Gasteiger partial charge >= 0.3 is 0 Å². The second kappa shape index (κ2) is 5.77. The second-order valence-electron chi connectivity index (χ2n) is 4.24. The number of nitrogens with two attached hydrogens (primary N) is 1. The van der Waals surface area contributed by atoms with Crippen LogP contribution in [0.3, 0.4) is 0 Å². The van der Waals surface area contributed by atoms with E-state index in [0.29, 0.717) is 0 Å². The van der Waals surface area contributed by atoms with Crippen molar-refractivity contribution in [1.82, 2.24) is 14.5 Å². The molecule has 17 heavy (non-hydrogen) atoms. The summed E-state index contributed by atoms with van der Waals surface area (Å²) in [6.45, 7) is 3.91. The van der Waals surface area contributed by atoms with Crippen LogP contribution < -0.4 is 5.73 Å². The lowest BCUT2D eigenvalue weighted by Crippen LogP contribution is -2.03. The highest BCUT2D eigenvalue weighted by molar-refractivity contribution is 5.74. The molecule has 0 aliphatic carbocycles. The van der Waals surface area contributed by atoms with Crippen molar-refractivity contribution in [1.29, 1.82) is 0 Å². The van der Waals surface area contributed by atoms with Gasteiger partial charge in [0.15, 0.2) is 0 Å². The van der Waals surface area contributed by atoms with E-state index in [0.717, 1.165) is 37.9 Å². The number of aryl methyl sites for hydroxylation is 2. The minimum atomic E-state index is 0.786. The SMILES string of the molecule is CCn1c(CCCCCN)nc2cnccc21. The van der Waals surface area contributed by atoms with Gasteiger partial charge in [-0.1, -0.05) is 6.42 Å². The molecule has 0 fully saturated rings. The molecule has 2 rings (SSSR count). The fourth-order valence-corrected chi connectivity index (χ4v) is 2.18. The average molecular weight is 232 g/mol. The van der Waals surface area contributed by atoms with E-state index in [4.69, 9.17) is 5.73 Å². The second-order valence-corrected chi connectivity index (χ2v) is 4.24. The number of hydrogen-bond acceptors (Lipinski definition) is 3. The summed E-state index contributed by atoms with van der Waals surface area (Å²) in [4.78, 5) is 8.77. The number of unbranched alkanes of at least 4 members (excludes halogenated alkanes) is 2.